The highest BCUT2D eigenvalue weighted by atomic mass is 15.0. The lowest BCUT2D eigenvalue weighted by Gasteiger charge is -2.19. The Labute approximate surface area is 153 Å². The summed E-state index contributed by atoms with van der Waals surface area (Å²) in [6.45, 7) is 6.81. The monoisotopic (exact) mass is 338 g/mol. The number of benzene rings is 3. The Balaban J connectivity index is 1.99. The molecule has 0 aliphatic rings. The Bertz CT molecular complexity index is 1250. The van der Waals surface area contributed by atoms with Crippen molar-refractivity contribution in [2.45, 2.75) is 26.2 Å². The number of hydrogen-bond donors (Lipinski definition) is 1. The van der Waals surface area contributed by atoms with Crippen molar-refractivity contribution in [3.8, 4) is 5.69 Å². The second-order valence-electron chi connectivity index (χ2n) is 8.05. The molecule has 2 nitrogen and oxygen atoms in total. The van der Waals surface area contributed by atoms with Gasteiger partial charge in [-0.3, -0.25) is 0 Å². The Kier molecular flexibility index (Phi) is 3.08. The first-order valence-corrected chi connectivity index (χ1v) is 9.15. The summed E-state index contributed by atoms with van der Waals surface area (Å²) in [7, 11) is 0. The molecule has 0 saturated carbocycles. The van der Waals surface area contributed by atoms with Gasteiger partial charge in [-0.05, 0) is 41.3 Å². The molecule has 5 aromatic rings. The van der Waals surface area contributed by atoms with Gasteiger partial charge in [-0.2, -0.15) is 0 Å². The van der Waals surface area contributed by atoms with Crippen LogP contribution in [0.3, 0.4) is 0 Å². The predicted molar refractivity (Wildman–Crippen MR) is 111 cm³/mol. The maximum absolute atomic E-state index is 3.67. The Morgan fingerprint density at radius 2 is 1.50 bits per heavy atom. The highest BCUT2D eigenvalue weighted by molar-refractivity contribution is 6.18. The van der Waals surface area contributed by atoms with Gasteiger partial charge in [-0.15, -0.1) is 0 Å². The molecule has 0 fully saturated rings. The largest absolute Gasteiger partial charge is 0.353 e. The highest BCUT2D eigenvalue weighted by Crippen LogP contribution is 2.38. The van der Waals surface area contributed by atoms with E-state index in [2.05, 4.69) is 103 Å². The van der Waals surface area contributed by atoms with Gasteiger partial charge in [0.25, 0.3) is 0 Å². The average molecular weight is 338 g/mol. The van der Waals surface area contributed by atoms with Gasteiger partial charge in [0, 0.05) is 22.0 Å². The topological polar surface area (TPSA) is 20.7 Å². The molecule has 2 heteroatoms. The van der Waals surface area contributed by atoms with Crippen LogP contribution in [0.5, 0.6) is 0 Å². The molecule has 3 aromatic carbocycles. The van der Waals surface area contributed by atoms with Crippen molar-refractivity contribution in [3.63, 3.8) is 0 Å². The molecular formula is C24H22N2. The van der Waals surface area contributed by atoms with E-state index in [1.165, 1.54) is 44.1 Å². The van der Waals surface area contributed by atoms with Gasteiger partial charge >= 0.3 is 0 Å². The normalized spacial score (nSPS) is 12.4. The zero-order valence-electron chi connectivity index (χ0n) is 15.4. The maximum Gasteiger partial charge on any atom is 0.0797 e. The van der Waals surface area contributed by atoms with E-state index in [1.54, 1.807) is 0 Å². The fourth-order valence-electron chi connectivity index (χ4n) is 3.92. The van der Waals surface area contributed by atoms with E-state index in [-0.39, 0.29) is 5.41 Å². The number of rotatable bonds is 1. The summed E-state index contributed by atoms with van der Waals surface area (Å²) in [4.78, 5) is 3.67. The molecule has 0 spiro atoms. The molecule has 5 rings (SSSR count). The number of para-hydroxylation sites is 2. The Hall–Kier alpha value is -3.00. The van der Waals surface area contributed by atoms with E-state index in [0.29, 0.717) is 0 Å². The summed E-state index contributed by atoms with van der Waals surface area (Å²) in [5.41, 5.74) is 7.59. The van der Waals surface area contributed by atoms with Crippen LogP contribution in [-0.2, 0) is 5.41 Å². The van der Waals surface area contributed by atoms with E-state index in [0.717, 1.165) is 0 Å². The van der Waals surface area contributed by atoms with E-state index in [4.69, 9.17) is 0 Å². The Morgan fingerprint density at radius 3 is 2.27 bits per heavy atom. The van der Waals surface area contributed by atoms with Crippen LogP contribution in [0.25, 0.3) is 38.5 Å². The fourth-order valence-corrected chi connectivity index (χ4v) is 3.92. The lowest BCUT2D eigenvalue weighted by Crippen LogP contribution is -2.10. The summed E-state index contributed by atoms with van der Waals surface area (Å²) >= 11 is 0. The van der Waals surface area contributed by atoms with Gasteiger partial charge in [0.2, 0.25) is 0 Å². The third kappa shape index (κ3) is 2.12. The molecule has 0 aliphatic carbocycles. The first-order valence-electron chi connectivity index (χ1n) is 9.15. The van der Waals surface area contributed by atoms with Gasteiger partial charge in [0.05, 0.1) is 16.6 Å². The van der Waals surface area contributed by atoms with Gasteiger partial charge in [0.15, 0.2) is 0 Å². The van der Waals surface area contributed by atoms with Crippen LogP contribution in [-0.4, -0.2) is 9.55 Å². The van der Waals surface area contributed by atoms with Crippen molar-refractivity contribution in [1.29, 1.82) is 0 Å². The minimum atomic E-state index is 0.126. The number of fused-ring (bicyclic) bond motifs is 5. The number of H-pyrrole nitrogens is 1. The van der Waals surface area contributed by atoms with E-state index in [1.807, 2.05) is 0 Å². The number of aromatic amines is 1. The highest BCUT2D eigenvalue weighted by Gasteiger charge is 2.20. The predicted octanol–water partition coefficient (Wildman–Crippen LogP) is 6.56. The van der Waals surface area contributed by atoms with Gasteiger partial charge in [-0.1, -0.05) is 63.2 Å². The standard InChI is InChI=1S/C24H22N2/c1-24(2,3)16-13-14-21-19(15-16)22-23(18-11-7-8-12-20(18)25-22)26(21)17-9-5-4-6-10-17/h4-15,25H,1-3H3. The molecule has 0 radical (unpaired) electrons. The van der Waals surface area contributed by atoms with Crippen LogP contribution in [0.4, 0.5) is 0 Å². The quantitative estimate of drug-likeness (QED) is 0.357. The zero-order valence-corrected chi connectivity index (χ0v) is 15.4. The SMILES string of the molecule is CC(C)(C)c1ccc2c(c1)c1[nH]c3ccccc3c1n2-c1ccccc1. The summed E-state index contributed by atoms with van der Waals surface area (Å²) in [5, 5.41) is 2.55. The second-order valence-corrected chi connectivity index (χ2v) is 8.05. The van der Waals surface area contributed by atoms with Crippen LogP contribution in [0.1, 0.15) is 26.3 Å². The summed E-state index contributed by atoms with van der Waals surface area (Å²) in [6.07, 6.45) is 0. The lowest BCUT2D eigenvalue weighted by molar-refractivity contribution is 0.591. The number of hydrogen-bond acceptors (Lipinski definition) is 0. The summed E-state index contributed by atoms with van der Waals surface area (Å²) in [5.74, 6) is 0. The number of nitrogens with zero attached hydrogens (tertiary/aromatic N) is 1. The first-order chi connectivity index (χ1) is 12.5. The zero-order chi connectivity index (χ0) is 17.9. The molecule has 0 amide bonds. The first kappa shape index (κ1) is 15.3. The van der Waals surface area contributed by atoms with Gasteiger partial charge < -0.3 is 9.55 Å². The second kappa shape index (κ2) is 5.25. The van der Waals surface area contributed by atoms with Crippen LogP contribution in [0.2, 0.25) is 0 Å². The third-order valence-corrected chi connectivity index (χ3v) is 5.29. The molecule has 2 heterocycles. The fraction of sp³-hybridized carbons (Fsp3) is 0.167. The van der Waals surface area contributed by atoms with Crippen molar-refractivity contribution in [1.82, 2.24) is 9.55 Å². The van der Waals surface area contributed by atoms with Crippen LogP contribution in [0.15, 0.2) is 72.8 Å². The minimum Gasteiger partial charge on any atom is -0.353 e. The van der Waals surface area contributed by atoms with Crippen LogP contribution < -0.4 is 0 Å². The molecule has 2 aromatic heterocycles. The molecule has 0 atom stereocenters. The molecule has 1 N–H and O–H groups in total. The van der Waals surface area contributed by atoms with Crippen LogP contribution in [0, 0.1) is 0 Å². The Morgan fingerprint density at radius 1 is 0.769 bits per heavy atom. The van der Waals surface area contributed by atoms with E-state index in [9.17, 15) is 0 Å². The molecule has 26 heavy (non-hydrogen) atoms. The molecule has 0 aliphatic heterocycles. The van der Waals surface area contributed by atoms with Gasteiger partial charge in [-0.25, -0.2) is 0 Å². The van der Waals surface area contributed by atoms with Crippen molar-refractivity contribution in [2.24, 2.45) is 0 Å². The van der Waals surface area contributed by atoms with Crippen molar-refractivity contribution in [2.75, 3.05) is 0 Å². The average Bonchev–Trinajstić information content (AvgIpc) is 3.16. The van der Waals surface area contributed by atoms with Crippen molar-refractivity contribution in [3.05, 3.63) is 78.4 Å². The van der Waals surface area contributed by atoms with Crippen molar-refractivity contribution < 1.29 is 0 Å². The molecule has 0 bridgehead atoms. The van der Waals surface area contributed by atoms with Crippen LogP contribution >= 0.6 is 0 Å². The summed E-state index contributed by atoms with van der Waals surface area (Å²) in [6, 6.07) is 26.1. The third-order valence-electron chi connectivity index (χ3n) is 5.29. The van der Waals surface area contributed by atoms with Crippen molar-refractivity contribution >= 4 is 32.8 Å². The molecule has 0 saturated heterocycles. The number of aromatic nitrogens is 2. The smallest absolute Gasteiger partial charge is 0.0797 e. The lowest BCUT2D eigenvalue weighted by atomic mass is 9.86. The number of nitrogens with one attached hydrogen (secondary N) is 1. The van der Waals surface area contributed by atoms with Gasteiger partial charge in [0.1, 0.15) is 0 Å². The minimum absolute atomic E-state index is 0.126. The van der Waals surface area contributed by atoms with E-state index < -0.39 is 0 Å². The summed E-state index contributed by atoms with van der Waals surface area (Å²) < 4.78 is 2.38. The maximum atomic E-state index is 3.67. The molecular weight excluding hydrogens is 316 g/mol. The molecule has 0 unspecified atom stereocenters. The van der Waals surface area contributed by atoms with E-state index >= 15 is 0 Å². The molecule has 128 valence electrons.